The SMILES string of the molecule is CCCOc1ccc(C(=O)NCC(=O)NN=Cc2cc(Br)ccc2OC(=O)c2ccc(Cl)cc2)cc1. The lowest BCUT2D eigenvalue weighted by Gasteiger charge is -2.08. The first-order chi connectivity index (χ1) is 17.4. The van der Waals surface area contributed by atoms with Gasteiger partial charge in [-0.1, -0.05) is 34.5 Å². The lowest BCUT2D eigenvalue weighted by atomic mass is 10.2. The number of hydrogen-bond donors (Lipinski definition) is 2. The average molecular weight is 573 g/mol. The zero-order valence-corrected chi connectivity index (χ0v) is 21.6. The van der Waals surface area contributed by atoms with Crippen LogP contribution in [0, 0.1) is 0 Å². The number of esters is 1. The number of carbonyl (C=O) groups excluding carboxylic acids is 3. The van der Waals surface area contributed by atoms with E-state index in [1.165, 1.54) is 6.21 Å². The molecule has 10 heteroatoms. The number of nitrogens with zero attached hydrogens (tertiary/aromatic N) is 1. The molecule has 2 N–H and O–H groups in total. The van der Waals surface area contributed by atoms with Crippen LogP contribution in [0.2, 0.25) is 5.02 Å². The molecule has 3 aromatic rings. The van der Waals surface area contributed by atoms with Crippen LogP contribution in [0.4, 0.5) is 0 Å². The second-order valence-corrected chi connectivity index (χ2v) is 8.78. The van der Waals surface area contributed by atoms with Crippen molar-refractivity contribution < 1.29 is 23.9 Å². The lowest BCUT2D eigenvalue weighted by molar-refractivity contribution is -0.120. The Morgan fingerprint density at radius 1 is 1.00 bits per heavy atom. The van der Waals surface area contributed by atoms with Gasteiger partial charge in [0.05, 0.1) is 24.9 Å². The van der Waals surface area contributed by atoms with Crippen LogP contribution in [0.3, 0.4) is 0 Å². The van der Waals surface area contributed by atoms with E-state index in [2.05, 4.69) is 31.8 Å². The summed E-state index contributed by atoms with van der Waals surface area (Å²) in [5, 5.41) is 6.94. The smallest absolute Gasteiger partial charge is 0.343 e. The highest BCUT2D eigenvalue weighted by Gasteiger charge is 2.12. The molecule has 0 aliphatic carbocycles. The van der Waals surface area contributed by atoms with Gasteiger partial charge in [-0.15, -0.1) is 0 Å². The summed E-state index contributed by atoms with van der Waals surface area (Å²) >= 11 is 9.21. The van der Waals surface area contributed by atoms with Gasteiger partial charge in [0, 0.05) is 20.6 Å². The normalized spacial score (nSPS) is 10.6. The van der Waals surface area contributed by atoms with Crippen LogP contribution < -0.4 is 20.2 Å². The topological polar surface area (TPSA) is 106 Å². The zero-order valence-electron chi connectivity index (χ0n) is 19.3. The summed E-state index contributed by atoms with van der Waals surface area (Å²) in [6, 6.07) is 17.9. The summed E-state index contributed by atoms with van der Waals surface area (Å²) in [6.45, 7) is 2.33. The Balaban J connectivity index is 1.54. The van der Waals surface area contributed by atoms with Gasteiger partial charge in [-0.05, 0) is 73.2 Å². The van der Waals surface area contributed by atoms with Crippen molar-refractivity contribution >= 4 is 51.5 Å². The number of rotatable bonds is 10. The maximum absolute atomic E-state index is 12.4. The van der Waals surface area contributed by atoms with E-state index in [0.29, 0.717) is 34.1 Å². The van der Waals surface area contributed by atoms with Crippen LogP contribution in [-0.2, 0) is 4.79 Å². The summed E-state index contributed by atoms with van der Waals surface area (Å²) in [5.41, 5.74) is 3.51. The van der Waals surface area contributed by atoms with E-state index in [1.54, 1.807) is 66.7 Å². The monoisotopic (exact) mass is 571 g/mol. The molecule has 0 radical (unpaired) electrons. The Morgan fingerprint density at radius 3 is 2.39 bits per heavy atom. The molecule has 186 valence electrons. The van der Waals surface area contributed by atoms with Gasteiger partial charge in [-0.3, -0.25) is 9.59 Å². The molecule has 2 amide bonds. The fourth-order valence-electron chi connectivity index (χ4n) is 2.86. The first-order valence-corrected chi connectivity index (χ1v) is 12.1. The first-order valence-electron chi connectivity index (χ1n) is 11.0. The van der Waals surface area contributed by atoms with E-state index in [4.69, 9.17) is 21.1 Å². The Hall–Kier alpha value is -3.69. The number of hydrazone groups is 1. The summed E-state index contributed by atoms with van der Waals surface area (Å²) in [6.07, 6.45) is 2.22. The van der Waals surface area contributed by atoms with Crippen molar-refractivity contribution in [3.8, 4) is 11.5 Å². The number of amides is 2. The Bertz CT molecular complexity index is 1250. The minimum absolute atomic E-state index is 0.246. The molecule has 0 spiro atoms. The predicted octanol–water partition coefficient (Wildman–Crippen LogP) is 4.99. The average Bonchev–Trinajstić information content (AvgIpc) is 2.88. The molecule has 0 saturated heterocycles. The van der Waals surface area contributed by atoms with Crippen molar-refractivity contribution in [2.45, 2.75) is 13.3 Å². The third-order valence-corrected chi connectivity index (χ3v) is 5.39. The zero-order chi connectivity index (χ0) is 25.9. The minimum atomic E-state index is -0.569. The molecule has 3 aromatic carbocycles. The van der Waals surface area contributed by atoms with Crippen LogP contribution in [0.5, 0.6) is 11.5 Å². The van der Waals surface area contributed by atoms with Crippen molar-refractivity contribution in [2.75, 3.05) is 13.2 Å². The number of nitrogens with one attached hydrogen (secondary N) is 2. The fraction of sp³-hybridized carbons (Fsp3) is 0.154. The summed E-state index contributed by atoms with van der Waals surface area (Å²) in [5.74, 6) is -0.584. The first kappa shape index (κ1) is 26.9. The highest BCUT2D eigenvalue weighted by molar-refractivity contribution is 9.10. The van der Waals surface area contributed by atoms with Gasteiger partial charge in [0.1, 0.15) is 11.5 Å². The number of carbonyl (C=O) groups is 3. The predicted molar refractivity (Wildman–Crippen MR) is 141 cm³/mol. The molecular formula is C26H23BrClN3O5. The maximum Gasteiger partial charge on any atom is 0.343 e. The van der Waals surface area contributed by atoms with E-state index < -0.39 is 17.8 Å². The van der Waals surface area contributed by atoms with Gasteiger partial charge in [0.25, 0.3) is 11.8 Å². The molecule has 0 bridgehead atoms. The lowest BCUT2D eigenvalue weighted by Crippen LogP contribution is -2.34. The van der Waals surface area contributed by atoms with E-state index in [9.17, 15) is 14.4 Å². The molecule has 0 atom stereocenters. The molecule has 0 aliphatic rings. The number of ether oxygens (including phenoxy) is 2. The molecule has 0 aromatic heterocycles. The van der Waals surface area contributed by atoms with E-state index >= 15 is 0 Å². The standard InChI is InChI=1S/C26H23BrClN3O5/c1-2-13-35-22-10-5-17(6-11-22)25(33)29-16-24(32)31-30-15-19-14-20(27)7-12-23(19)36-26(34)18-3-8-21(28)9-4-18/h3-12,14-15H,2,13,16H2,1H3,(H,29,33)(H,31,32). The third-order valence-electron chi connectivity index (χ3n) is 4.65. The second kappa shape index (κ2) is 13.4. The maximum atomic E-state index is 12.4. The number of halogens is 2. The molecule has 0 fully saturated rings. The van der Waals surface area contributed by atoms with Crippen LogP contribution in [0.15, 0.2) is 76.3 Å². The van der Waals surface area contributed by atoms with Crippen molar-refractivity contribution in [2.24, 2.45) is 5.10 Å². The number of benzene rings is 3. The molecule has 3 rings (SSSR count). The van der Waals surface area contributed by atoms with E-state index in [0.717, 1.165) is 10.9 Å². The van der Waals surface area contributed by atoms with Crippen molar-refractivity contribution in [3.05, 3.63) is 92.9 Å². The summed E-state index contributed by atoms with van der Waals surface area (Å²) in [4.78, 5) is 36.8. The Kier molecular flexibility index (Phi) is 10.0. The molecular weight excluding hydrogens is 550 g/mol. The Morgan fingerprint density at radius 2 is 1.69 bits per heavy atom. The molecule has 0 heterocycles. The van der Waals surface area contributed by atoms with Crippen LogP contribution in [0.25, 0.3) is 0 Å². The second-order valence-electron chi connectivity index (χ2n) is 7.43. The molecule has 36 heavy (non-hydrogen) atoms. The summed E-state index contributed by atoms with van der Waals surface area (Å²) < 4.78 is 11.7. The van der Waals surface area contributed by atoms with Gasteiger partial charge in [0.15, 0.2) is 0 Å². The van der Waals surface area contributed by atoms with Crippen LogP contribution >= 0.6 is 27.5 Å². The van der Waals surface area contributed by atoms with Gasteiger partial charge in [0.2, 0.25) is 0 Å². The van der Waals surface area contributed by atoms with E-state index in [1.807, 2.05) is 6.92 Å². The van der Waals surface area contributed by atoms with Gasteiger partial charge < -0.3 is 14.8 Å². The minimum Gasteiger partial charge on any atom is -0.494 e. The molecule has 0 saturated carbocycles. The van der Waals surface area contributed by atoms with E-state index in [-0.39, 0.29) is 12.3 Å². The van der Waals surface area contributed by atoms with Gasteiger partial charge in [-0.2, -0.15) is 5.10 Å². The highest BCUT2D eigenvalue weighted by Crippen LogP contribution is 2.23. The quantitative estimate of drug-likeness (QED) is 0.154. The third kappa shape index (κ3) is 8.21. The van der Waals surface area contributed by atoms with Crippen LogP contribution in [-0.4, -0.2) is 37.1 Å². The highest BCUT2D eigenvalue weighted by atomic mass is 79.9. The van der Waals surface area contributed by atoms with Gasteiger partial charge in [-0.25, -0.2) is 10.2 Å². The molecule has 0 unspecified atom stereocenters. The van der Waals surface area contributed by atoms with Gasteiger partial charge >= 0.3 is 5.97 Å². The Labute approximate surface area is 221 Å². The largest absolute Gasteiger partial charge is 0.494 e. The van der Waals surface area contributed by atoms with Crippen molar-refractivity contribution in [3.63, 3.8) is 0 Å². The van der Waals surface area contributed by atoms with Crippen molar-refractivity contribution in [1.82, 2.24) is 10.7 Å². The summed E-state index contributed by atoms with van der Waals surface area (Å²) in [7, 11) is 0. The van der Waals surface area contributed by atoms with Crippen LogP contribution in [0.1, 0.15) is 39.6 Å². The number of hydrogen-bond acceptors (Lipinski definition) is 6. The molecule has 8 nitrogen and oxygen atoms in total. The molecule has 0 aliphatic heterocycles. The van der Waals surface area contributed by atoms with Crippen molar-refractivity contribution in [1.29, 1.82) is 0 Å². The fourth-order valence-corrected chi connectivity index (χ4v) is 3.36.